The van der Waals surface area contributed by atoms with Gasteiger partial charge in [0, 0.05) is 13.0 Å². The summed E-state index contributed by atoms with van der Waals surface area (Å²) in [5.74, 6) is -0.433. The fourth-order valence-electron chi connectivity index (χ4n) is 2.29. The van der Waals surface area contributed by atoms with E-state index in [9.17, 15) is 28.2 Å². The van der Waals surface area contributed by atoms with Crippen molar-refractivity contribution >= 4 is 11.7 Å². The first-order chi connectivity index (χ1) is 11.7. The van der Waals surface area contributed by atoms with Crippen LogP contribution in [0, 0.1) is 0 Å². The maximum atomic E-state index is 12.6. The molecule has 0 bridgehead atoms. The fraction of sp³-hybridized carbons (Fsp3) is 0.643. The van der Waals surface area contributed by atoms with Crippen LogP contribution in [0.15, 0.2) is 12.4 Å². The third kappa shape index (κ3) is 5.00. The van der Waals surface area contributed by atoms with Gasteiger partial charge < -0.3 is 25.6 Å². The Morgan fingerprint density at radius 1 is 1.36 bits per heavy atom. The summed E-state index contributed by atoms with van der Waals surface area (Å²) >= 11 is 0. The average Bonchev–Trinajstić information content (AvgIpc) is 2.57. The third-order valence-corrected chi connectivity index (χ3v) is 3.71. The molecule has 1 amide bonds. The van der Waals surface area contributed by atoms with Crippen LogP contribution in [0.2, 0.25) is 0 Å². The number of nitrogens with one attached hydrogen (secondary N) is 2. The minimum atomic E-state index is -4.64. The zero-order valence-electron chi connectivity index (χ0n) is 13.3. The number of aliphatic hydroxyl groups excluding tert-OH is 2. The van der Waals surface area contributed by atoms with Gasteiger partial charge in [0.05, 0.1) is 25.0 Å². The molecule has 8 nitrogen and oxygen atoms in total. The number of aromatic nitrogens is 2. The Morgan fingerprint density at radius 2 is 2.08 bits per heavy atom. The quantitative estimate of drug-likeness (QED) is 0.578. The second-order valence-corrected chi connectivity index (χ2v) is 5.55. The SMILES string of the molecule is CCC(=O)NC[C@H]1OC[C@H](Nc2cncc(C(F)(F)F)n2)[C@@H](O)[C@H]1O. The standard InChI is InChI=1S/C14H19F3N4O4/c1-2-11(22)19-3-8-13(24)12(23)7(6-25-8)20-10-5-18-4-9(21-10)14(15,16)17/h4-5,7-8,12-13,23-24H,2-3,6H2,1H3,(H,19,22)(H,20,21)/t7-,8+,12+,13-/m0/s1. The molecule has 4 atom stereocenters. The van der Waals surface area contributed by atoms with E-state index in [0.717, 1.165) is 6.20 Å². The number of alkyl halides is 3. The Bertz CT molecular complexity index is 602. The van der Waals surface area contributed by atoms with Gasteiger partial charge in [-0.3, -0.25) is 9.78 Å². The molecule has 2 rings (SSSR count). The van der Waals surface area contributed by atoms with Crippen LogP contribution in [0.3, 0.4) is 0 Å². The first-order valence-corrected chi connectivity index (χ1v) is 7.62. The molecule has 1 aliphatic heterocycles. The molecule has 25 heavy (non-hydrogen) atoms. The van der Waals surface area contributed by atoms with Gasteiger partial charge in [0.25, 0.3) is 0 Å². The largest absolute Gasteiger partial charge is 0.434 e. The predicted molar refractivity (Wildman–Crippen MR) is 79.5 cm³/mol. The number of ether oxygens (including phenoxy) is 1. The van der Waals surface area contributed by atoms with E-state index < -0.39 is 36.2 Å². The molecule has 1 fully saturated rings. The van der Waals surface area contributed by atoms with E-state index in [1.807, 2.05) is 0 Å². The van der Waals surface area contributed by atoms with Crippen LogP contribution >= 0.6 is 0 Å². The van der Waals surface area contributed by atoms with Crippen LogP contribution in [0.4, 0.5) is 19.0 Å². The minimum Gasteiger partial charge on any atom is -0.388 e. The van der Waals surface area contributed by atoms with Crippen molar-refractivity contribution in [1.82, 2.24) is 15.3 Å². The van der Waals surface area contributed by atoms with Crippen molar-refractivity contribution in [1.29, 1.82) is 0 Å². The number of aliphatic hydroxyl groups is 2. The highest BCUT2D eigenvalue weighted by Crippen LogP contribution is 2.28. The Morgan fingerprint density at radius 3 is 2.72 bits per heavy atom. The molecule has 0 aliphatic carbocycles. The molecule has 0 saturated carbocycles. The van der Waals surface area contributed by atoms with E-state index in [-0.39, 0.29) is 31.3 Å². The summed E-state index contributed by atoms with van der Waals surface area (Å²) in [6.45, 7) is 1.59. The topological polar surface area (TPSA) is 117 Å². The van der Waals surface area contributed by atoms with Crippen molar-refractivity contribution in [2.24, 2.45) is 0 Å². The van der Waals surface area contributed by atoms with Crippen LogP contribution < -0.4 is 10.6 Å². The monoisotopic (exact) mass is 364 g/mol. The minimum absolute atomic E-state index is 0.0149. The van der Waals surface area contributed by atoms with Gasteiger partial charge in [-0.15, -0.1) is 0 Å². The zero-order valence-corrected chi connectivity index (χ0v) is 13.3. The molecule has 0 spiro atoms. The number of carbonyl (C=O) groups excluding carboxylic acids is 1. The van der Waals surface area contributed by atoms with Crippen molar-refractivity contribution in [2.45, 2.75) is 43.9 Å². The number of amides is 1. The van der Waals surface area contributed by atoms with E-state index in [4.69, 9.17) is 4.74 Å². The molecule has 1 aromatic rings. The normalized spacial score (nSPS) is 27.0. The third-order valence-electron chi connectivity index (χ3n) is 3.71. The van der Waals surface area contributed by atoms with Crippen LogP contribution in [0.5, 0.6) is 0 Å². The van der Waals surface area contributed by atoms with Gasteiger partial charge >= 0.3 is 6.18 Å². The second-order valence-electron chi connectivity index (χ2n) is 5.55. The summed E-state index contributed by atoms with van der Waals surface area (Å²) in [6, 6.07) is -0.883. The smallest absolute Gasteiger partial charge is 0.388 e. The van der Waals surface area contributed by atoms with Crippen molar-refractivity contribution in [2.75, 3.05) is 18.5 Å². The van der Waals surface area contributed by atoms with E-state index in [1.54, 1.807) is 6.92 Å². The number of nitrogens with zero attached hydrogens (tertiary/aromatic N) is 2. The molecule has 0 aromatic carbocycles. The molecule has 4 N–H and O–H groups in total. The van der Waals surface area contributed by atoms with Crippen LogP contribution in [-0.4, -0.2) is 63.6 Å². The Hall–Kier alpha value is -1.98. The summed E-state index contributed by atoms with van der Waals surface area (Å²) in [7, 11) is 0. The fourth-order valence-corrected chi connectivity index (χ4v) is 2.29. The van der Waals surface area contributed by atoms with Gasteiger partial charge in [-0.25, -0.2) is 4.98 Å². The average molecular weight is 364 g/mol. The van der Waals surface area contributed by atoms with E-state index in [2.05, 4.69) is 20.6 Å². The molecule has 1 saturated heterocycles. The Labute approximate surface area is 141 Å². The number of carbonyl (C=O) groups is 1. The van der Waals surface area contributed by atoms with Crippen molar-refractivity contribution in [3.05, 3.63) is 18.1 Å². The summed E-state index contributed by atoms with van der Waals surface area (Å²) in [5, 5.41) is 25.3. The highest BCUT2D eigenvalue weighted by molar-refractivity contribution is 5.75. The molecular formula is C14H19F3N4O4. The molecule has 2 heterocycles. The second kappa shape index (κ2) is 7.93. The molecule has 1 aromatic heterocycles. The zero-order chi connectivity index (χ0) is 18.6. The summed E-state index contributed by atoms with van der Waals surface area (Å²) in [5.41, 5.74) is -1.18. The maximum Gasteiger partial charge on any atom is 0.434 e. The number of hydrogen-bond donors (Lipinski definition) is 4. The maximum absolute atomic E-state index is 12.6. The highest BCUT2D eigenvalue weighted by atomic mass is 19.4. The van der Waals surface area contributed by atoms with Gasteiger partial charge in [-0.05, 0) is 0 Å². The van der Waals surface area contributed by atoms with E-state index >= 15 is 0 Å². The summed E-state index contributed by atoms with van der Waals surface area (Å²) < 4.78 is 43.3. The number of halogens is 3. The van der Waals surface area contributed by atoms with Crippen molar-refractivity contribution in [3.63, 3.8) is 0 Å². The molecular weight excluding hydrogens is 345 g/mol. The van der Waals surface area contributed by atoms with E-state index in [1.165, 1.54) is 0 Å². The highest BCUT2D eigenvalue weighted by Gasteiger charge is 2.39. The first-order valence-electron chi connectivity index (χ1n) is 7.62. The lowest BCUT2D eigenvalue weighted by molar-refractivity contribution is -0.143. The van der Waals surface area contributed by atoms with Crippen LogP contribution in [0.1, 0.15) is 19.0 Å². The lowest BCUT2D eigenvalue weighted by Crippen LogP contribution is -2.58. The van der Waals surface area contributed by atoms with Crippen molar-refractivity contribution < 1.29 is 32.9 Å². The number of rotatable bonds is 5. The first kappa shape index (κ1) is 19.3. The van der Waals surface area contributed by atoms with Gasteiger partial charge in [-0.2, -0.15) is 13.2 Å². The van der Waals surface area contributed by atoms with Crippen molar-refractivity contribution in [3.8, 4) is 0 Å². The lowest BCUT2D eigenvalue weighted by atomic mass is 9.98. The Kier molecular flexibility index (Phi) is 6.14. The van der Waals surface area contributed by atoms with Gasteiger partial charge in [0.15, 0.2) is 5.69 Å². The van der Waals surface area contributed by atoms with Gasteiger partial charge in [0.2, 0.25) is 5.91 Å². The van der Waals surface area contributed by atoms with Gasteiger partial charge in [0.1, 0.15) is 24.1 Å². The number of anilines is 1. The molecule has 1 aliphatic rings. The lowest BCUT2D eigenvalue weighted by Gasteiger charge is -2.38. The molecule has 140 valence electrons. The van der Waals surface area contributed by atoms with Crippen LogP contribution in [0.25, 0.3) is 0 Å². The van der Waals surface area contributed by atoms with Gasteiger partial charge in [-0.1, -0.05) is 6.92 Å². The summed E-state index contributed by atoms with van der Waals surface area (Å²) in [4.78, 5) is 18.1. The molecule has 0 unspecified atom stereocenters. The Balaban J connectivity index is 1.98. The molecule has 0 radical (unpaired) electrons. The van der Waals surface area contributed by atoms with E-state index in [0.29, 0.717) is 6.20 Å². The molecule has 11 heteroatoms. The number of hydrogen-bond acceptors (Lipinski definition) is 7. The van der Waals surface area contributed by atoms with Crippen LogP contribution in [-0.2, 0) is 15.7 Å². The summed E-state index contributed by atoms with van der Waals surface area (Å²) in [6.07, 6.45) is -6.20. The predicted octanol–water partition coefficient (Wildman–Crippen LogP) is -0.0773.